The fourth-order valence-corrected chi connectivity index (χ4v) is 4.44. The Labute approximate surface area is 116 Å². The van der Waals surface area contributed by atoms with Crippen molar-refractivity contribution in [2.45, 2.75) is 30.7 Å². The minimum Gasteiger partial charge on any atom is -0.480 e. The third kappa shape index (κ3) is 2.61. The summed E-state index contributed by atoms with van der Waals surface area (Å²) >= 11 is 5.97. The Bertz CT molecular complexity index is 614. The molecule has 19 heavy (non-hydrogen) atoms. The number of carboxylic acids is 1. The molecule has 0 amide bonds. The van der Waals surface area contributed by atoms with Crippen LogP contribution >= 0.6 is 11.6 Å². The maximum Gasteiger partial charge on any atom is 0.322 e. The summed E-state index contributed by atoms with van der Waals surface area (Å²) < 4.78 is 25.9. The van der Waals surface area contributed by atoms with Gasteiger partial charge in [-0.1, -0.05) is 17.7 Å². The molecule has 104 valence electrons. The highest BCUT2D eigenvalue weighted by Crippen LogP contribution is 2.30. The van der Waals surface area contributed by atoms with Gasteiger partial charge in [-0.2, -0.15) is 4.31 Å². The quantitative estimate of drug-likeness (QED) is 0.925. The van der Waals surface area contributed by atoms with Crippen LogP contribution in [-0.4, -0.2) is 36.4 Å². The molecule has 0 aliphatic carbocycles. The van der Waals surface area contributed by atoms with Crippen molar-refractivity contribution >= 4 is 27.6 Å². The summed E-state index contributed by atoms with van der Waals surface area (Å²) in [4.78, 5) is 11.1. The molecule has 1 unspecified atom stereocenters. The number of carbonyl (C=O) groups is 1. The molecular formula is C12H14ClNO4S. The minimum atomic E-state index is -3.86. The fourth-order valence-electron chi connectivity index (χ4n) is 2.22. The van der Waals surface area contributed by atoms with Crippen LogP contribution < -0.4 is 0 Å². The second kappa shape index (κ2) is 5.11. The molecule has 1 aromatic carbocycles. The second-order valence-corrected chi connectivity index (χ2v) is 6.81. The van der Waals surface area contributed by atoms with Crippen LogP contribution in [0.5, 0.6) is 0 Å². The molecule has 1 fully saturated rings. The summed E-state index contributed by atoms with van der Waals surface area (Å²) in [5.41, 5.74) is 0.847. The predicted octanol–water partition coefficient (Wildman–Crippen LogP) is 1.89. The van der Waals surface area contributed by atoms with E-state index in [-0.39, 0.29) is 16.5 Å². The van der Waals surface area contributed by atoms with Gasteiger partial charge in [0.1, 0.15) is 10.9 Å². The number of aliphatic carboxylic acids is 1. The Hall–Kier alpha value is -1.11. The molecule has 1 aromatic rings. The zero-order chi connectivity index (χ0) is 14.2. The third-order valence-electron chi connectivity index (χ3n) is 3.16. The summed E-state index contributed by atoms with van der Waals surface area (Å²) in [5.74, 6) is -1.12. The Balaban J connectivity index is 2.45. The van der Waals surface area contributed by atoms with Crippen LogP contribution in [0.15, 0.2) is 23.1 Å². The van der Waals surface area contributed by atoms with Gasteiger partial charge >= 0.3 is 5.97 Å². The number of hydrogen-bond donors (Lipinski definition) is 1. The zero-order valence-corrected chi connectivity index (χ0v) is 11.9. The Morgan fingerprint density at radius 2 is 2.16 bits per heavy atom. The molecule has 7 heteroatoms. The summed E-state index contributed by atoms with van der Waals surface area (Å²) in [6.07, 6.45) is 0.873. The van der Waals surface area contributed by atoms with Crippen molar-refractivity contribution in [1.82, 2.24) is 4.31 Å². The maximum atomic E-state index is 12.5. The van der Waals surface area contributed by atoms with Crippen molar-refractivity contribution in [3.8, 4) is 0 Å². The van der Waals surface area contributed by atoms with Gasteiger partial charge in [0.05, 0.1) is 5.02 Å². The average Bonchev–Trinajstić information content (AvgIpc) is 2.77. The highest BCUT2D eigenvalue weighted by Gasteiger charge is 2.40. The number of hydrogen-bond acceptors (Lipinski definition) is 3. The molecule has 1 aliphatic rings. The van der Waals surface area contributed by atoms with Gasteiger partial charge < -0.3 is 5.11 Å². The maximum absolute atomic E-state index is 12.5. The van der Waals surface area contributed by atoms with E-state index in [4.69, 9.17) is 16.7 Å². The lowest BCUT2D eigenvalue weighted by Crippen LogP contribution is -2.40. The van der Waals surface area contributed by atoms with Crippen LogP contribution in [0.1, 0.15) is 18.4 Å². The number of nitrogens with zero attached hydrogens (tertiary/aromatic N) is 1. The third-order valence-corrected chi connectivity index (χ3v) is 5.55. The van der Waals surface area contributed by atoms with Gasteiger partial charge in [0, 0.05) is 6.54 Å². The van der Waals surface area contributed by atoms with Crippen molar-refractivity contribution in [1.29, 1.82) is 0 Å². The van der Waals surface area contributed by atoms with Gasteiger partial charge in [0.25, 0.3) is 0 Å². The zero-order valence-electron chi connectivity index (χ0n) is 10.3. The van der Waals surface area contributed by atoms with Gasteiger partial charge in [0.15, 0.2) is 0 Å². The molecule has 2 rings (SSSR count). The molecule has 0 radical (unpaired) electrons. The highest BCUT2D eigenvalue weighted by atomic mass is 35.5. The lowest BCUT2D eigenvalue weighted by Gasteiger charge is -2.21. The van der Waals surface area contributed by atoms with E-state index in [0.717, 1.165) is 9.87 Å². The first-order valence-corrected chi connectivity index (χ1v) is 7.66. The summed E-state index contributed by atoms with van der Waals surface area (Å²) in [6, 6.07) is 3.62. The molecule has 0 saturated carbocycles. The number of carboxylic acid groups (broad SMARTS) is 1. The number of halogens is 1. The molecule has 1 N–H and O–H groups in total. The van der Waals surface area contributed by atoms with Gasteiger partial charge in [-0.15, -0.1) is 0 Å². The minimum absolute atomic E-state index is 0.0343. The van der Waals surface area contributed by atoms with Crippen molar-refractivity contribution < 1.29 is 18.3 Å². The molecule has 0 spiro atoms. The Morgan fingerprint density at radius 1 is 1.47 bits per heavy atom. The molecule has 0 aromatic heterocycles. The number of benzene rings is 1. The number of sulfonamides is 1. The SMILES string of the molecule is Cc1ccc(S(=O)(=O)N2CCCC2C(=O)O)c(Cl)c1. The van der Waals surface area contributed by atoms with E-state index in [0.29, 0.717) is 12.8 Å². The van der Waals surface area contributed by atoms with Gasteiger partial charge in [0.2, 0.25) is 10.0 Å². The second-order valence-electron chi connectivity index (χ2n) is 4.55. The van der Waals surface area contributed by atoms with Crippen LogP contribution in [0.3, 0.4) is 0 Å². The summed E-state index contributed by atoms with van der Waals surface area (Å²) in [7, 11) is -3.86. The first kappa shape index (κ1) is 14.3. The van der Waals surface area contributed by atoms with Crippen LogP contribution in [0.25, 0.3) is 0 Å². The lowest BCUT2D eigenvalue weighted by atomic mass is 10.2. The fraction of sp³-hybridized carbons (Fsp3) is 0.417. The van der Waals surface area contributed by atoms with Crippen LogP contribution in [0.4, 0.5) is 0 Å². The first-order chi connectivity index (χ1) is 8.84. The summed E-state index contributed by atoms with van der Waals surface area (Å²) in [6.45, 7) is 2.02. The highest BCUT2D eigenvalue weighted by molar-refractivity contribution is 7.89. The van der Waals surface area contributed by atoms with E-state index in [2.05, 4.69) is 0 Å². The van der Waals surface area contributed by atoms with Crippen molar-refractivity contribution in [3.63, 3.8) is 0 Å². The van der Waals surface area contributed by atoms with Crippen LogP contribution in [0, 0.1) is 6.92 Å². The number of aryl methyl sites for hydroxylation is 1. The van der Waals surface area contributed by atoms with E-state index in [1.165, 1.54) is 6.07 Å². The average molecular weight is 304 g/mol. The van der Waals surface area contributed by atoms with E-state index < -0.39 is 22.0 Å². The number of rotatable bonds is 3. The normalized spacial score (nSPS) is 20.6. The Morgan fingerprint density at radius 3 is 2.74 bits per heavy atom. The van der Waals surface area contributed by atoms with E-state index in [1.807, 2.05) is 0 Å². The van der Waals surface area contributed by atoms with Gasteiger partial charge in [-0.05, 0) is 37.5 Å². The Kier molecular flexibility index (Phi) is 3.85. The van der Waals surface area contributed by atoms with Crippen molar-refractivity contribution in [3.05, 3.63) is 28.8 Å². The monoisotopic (exact) mass is 303 g/mol. The first-order valence-electron chi connectivity index (χ1n) is 5.85. The van der Waals surface area contributed by atoms with E-state index >= 15 is 0 Å². The van der Waals surface area contributed by atoms with Gasteiger partial charge in [-0.3, -0.25) is 4.79 Å². The molecule has 5 nitrogen and oxygen atoms in total. The molecular weight excluding hydrogens is 290 g/mol. The molecule has 1 saturated heterocycles. The molecule has 1 atom stereocenters. The topological polar surface area (TPSA) is 74.7 Å². The molecule has 1 heterocycles. The van der Waals surface area contributed by atoms with Crippen LogP contribution in [-0.2, 0) is 14.8 Å². The predicted molar refractivity (Wildman–Crippen MR) is 70.7 cm³/mol. The van der Waals surface area contributed by atoms with Crippen molar-refractivity contribution in [2.75, 3.05) is 6.54 Å². The van der Waals surface area contributed by atoms with Crippen LogP contribution in [0.2, 0.25) is 5.02 Å². The lowest BCUT2D eigenvalue weighted by molar-refractivity contribution is -0.140. The molecule has 0 bridgehead atoms. The smallest absolute Gasteiger partial charge is 0.322 e. The summed E-state index contributed by atoms with van der Waals surface area (Å²) in [5, 5.41) is 9.19. The van der Waals surface area contributed by atoms with E-state index in [1.54, 1.807) is 19.1 Å². The van der Waals surface area contributed by atoms with Gasteiger partial charge in [-0.25, -0.2) is 8.42 Å². The van der Waals surface area contributed by atoms with E-state index in [9.17, 15) is 13.2 Å². The van der Waals surface area contributed by atoms with Crippen molar-refractivity contribution in [2.24, 2.45) is 0 Å². The molecule has 1 aliphatic heterocycles. The largest absolute Gasteiger partial charge is 0.480 e. The standard InChI is InChI=1S/C12H14ClNO4S/c1-8-4-5-11(9(13)7-8)19(17,18)14-6-2-3-10(14)12(15)16/h4-5,7,10H,2-3,6H2,1H3,(H,15,16).